The minimum Gasteiger partial charge on any atom is -0.484 e. The molecule has 5 rings (SSSR count). The van der Waals surface area contributed by atoms with Gasteiger partial charge in [-0.3, -0.25) is 9.59 Å². The van der Waals surface area contributed by atoms with Crippen LogP contribution in [0.2, 0.25) is 0 Å². The molecule has 222 valence electrons. The highest BCUT2D eigenvalue weighted by molar-refractivity contribution is 7.89. The largest absolute Gasteiger partial charge is 0.484 e. The SMILES string of the molecule is CCOC(=O)C1CCN(c2ccc(NC(=O)COc3ccccc3)cc2S(=O)(=O)N[C@@H]2CCCc3ccccc32)CC1. The normalized spacial score (nSPS) is 17.3. The van der Waals surface area contributed by atoms with E-state index in [4.69, 9.17) is 9.47 Å². The van der Waals surface area contributed by atoms with Crippen LogP contribution in [0.1, 0.15) is 49.8 Å². The maximum atomic E-state index is 14.0. The van der Waals surface area contributed by atoms with Crippen molar-refractivity contribution < 1.29 is 27.5 Å². The summed E-state index contributed by atoms with van der Waals surface area (Å²) < 4.78 is 41.8. The molecule has 2 aliphatic rings. The van der Waals surface area contributed by atoms with Gasteiger partial charge in [-0.25, -0.2) is 13.1 Å². The van der Waals surface area contributed by atoms with Crippen LogP contribution in [0.4, 0.5) is 11.4 Å². The van der Waals surface area contributed by atoms with Crippen LogP contribution in [0.5, 0.6) is 5.75 Å². The van der Waals surface area contributed by atoms with Gasteiger partial charge >= 0.3 is 5.97 Å². The van der Waals surface area contributed by atoms with E-state index in [0.717, 1.165) is 24.0 Å². The fourth-order valence-corrected chi connectivity index (χ4v) is 7.18. The number of ether oxygens (including phenoxy) is 2. The Hall–Kier alpha value is -3.89. The summed E-state index contributed by atoms with van der Waals surface area (Å²) in [5.74, 6) is -0.256. The Morgan fingerprint density at radius 3 is 2.45 bits per heavy atom. The van der Waals surface area contributed by atoms with Crippen molar-refractivity contribution in [3.8, 4) is 5.75 Å². The number of nitrogens with one attached hydrogen (secondary N) is 2. The van der Waals surface area contributed by atoms with Crippen molar-refractivity contribution in [1.82, 2.24) is 4.72 Å². The first-order valence-electron chi connectivity index (χ1n) is 14.5. The lowest BCUT2D eigenvalue weighted by Crippen LogP contribution is -2.38. The van der Waals surface area contributed by atoms with Gasteiger partial charge in [-0.05, 0) is 80.5 Å². The summed E-state index contributed by atoms with van der Waals surface area (Å²) in [4.78, 5) is 27.0. The minimum absolute atomic E-state index is 0.0851. The van der Waals surface area contributed by atoms with Crippen LogP contribution in [0, 0.1) is 5.92 Å². The van der Waals surface area contributed by atoms with Crippen LogP contribution < -0.4 is 19.7 Å². The highest BCUT2D eigenvalue weighted by Gasteiger charge is 2.32. The molecule has 1 amide bonds. The average molecular weight is 592 g/mol. The number of fused-ring (bicyclic) bond motifs is 1. The average Bonchev–Trinajstić information content (AvgIpc) is 3.01. The standard InChI is InChI=1S/C32H37N3O6S/c1-2-40-32(37)24-17-19-35(20-18-24)29-16-15-25(33-31(36)22-41-26-11-4-3-5-12-26)21-30(29)42(38,39)34-28-14-8-10-23-9-6-7-13-27(23)28/h3-7,9,11-13,15-16,21,24,28,34H,2,8,10,14,17-20,22H2,1H3,(H,33,36)/t28-/m1/s1. The Kier molecular flexibility index (Phi) is 9.44. The van der Waals surface area contributed by atoms with E-state index in [2.05, 4.69) is 10.0 Å². The van der Waals surface area contributed by atoms with Crippen molar-refractivity contribution in [2.75, 3.05) is 36.5 Å². The van der Waals surface area contributed by atoms with Gasteiger partial charge in [0.2, 0.25) is 10.0 Å². The molecule has 0 unspecified atom stereocenters. The number of para-hydroxylation sites is 1. The third kappa shape index (κ3) is 7.11. The Balaban J connectivity index is 1.38. The predicted molar refractivity (Wildman–Crippen MR) is 161 cm³/mol. The van der Waals surface area contributed by atoms with E-state index in [-0.39, 0.29) is 29.4 Å². The molecule has 1 heterocycles. The summed E-state index contributed by atoms with van der Waals surface area (Å²) in [6.45, 7) is 2.92. The summed E-state index contributed by atoms with van der Waals surface area (Å²) >= 11 is 0. The first-order chi connectivity index (χ1) is 20.3. The van der Waals surface area contributed by atoms with Crippen molar-refractivity contribution in [2.24, 2.45) is 5.92 Å². The van der Waals surface area contributed by atoms with Crippen LogP contribution in [0.25, 0.3) is 0 Å². The molecule has 3 aromatic rings. The van der Waals surface area contributed by atoms with Gasteiger partial charge in [0.15, 0.2) is 6.61 Å². The van der Waals surface area contributed by atoms with Crippen LogP contribution in [-0.4, -0.2) is 46.6 Å². The van der Waals surface area contributed by atoms with E-state index in [9.17, 15) is 18.0 Å². The van der Waals surface area contributed by atoms with Crippen LogP contribution in [0.15, 0.2) is 77.7 Å². The van der Waals surface area contributed by atoms with Crippen molar-refractivity contribution >= 4 is 33.3 Å². The first-order valence-corrected chi connectivity index (χ1v) is 16.0. The van der Waals surface area contributed by atoms with Gasteiger partial charge in [-0.2, -0.15) is 0 Å². The number of anilines is 2. The molecule has 42 heavy (non-hydrogen) atoms. The van der Waals surface area contributed by atoms with Crippen LogP contribution in [0.3, 0.4) is 0 Å². The Labute approximate surface area is 247 Å². The Morgan fingerprint density at radius 2 is 1.69 bits per heavy atom. The van der Waals surface area contributed by atoms with Crippen LogP contribution >= 0.6 is 0 Å². The number of hydrogen-bond acceptors (Lipinski definition) is 7. The number of nitrogens with zero attached hydrogens (tertiary/aromatic N) is 1. The molecule has 1 fully saturated rings. The van der Waals surface area contributed by atoms with Crippen molar-refractivity contribution in [1.29, 1.82) is 0 Å². The molecule has 0 radical (unpaired) electrons. The molecular weight excluding hydrogens is 554 g/mol. The second kappa shape index (κ2) is 13.4. The van der Waals surface area contributed by atoms with E-state index < -0.39 is 15.9 Å². The van der Waals surface area contributed by atoms with Gasteiger partial charge in [0.05, 0.1) is 18.2 Å². The smallest absolute Gasteiger partial charge is 0.309 e. The molecule has 1 saturated heterocycles. The number of hydrogen-bond donors (Lipinski definition) is 2. The summed E-state index contributed by atoms with van der Waals surface area (Å²) in [6.07, 6.45) is 3.63. The lowest BCUT2D eigenvalue weighted by atomic mass is 9.88. The quantitative estimate of drug-likeness (QED) is 0.325. The molecule has 0 saturated carbocycles. The second-order valence-corrected chi connectivity index (χ2v) is 12.3. The molecule has 3 aromatic carbocycles. The van der Waals surface area contributed by atoms with Gasteiger partial charge in [0, 0.05) is 24.8 Å². The molecule has 2 N–H and O–H groups in total. The topological polar surface area (TPSA) is 114 Å². The molecule has 9 nitrogen and oxygen atoms in total. The number of esters is 1. The number of carbonyl (C=O) groups is 2. The van der Waals surface area contributed by atoms with Crippen molar-refractivity contribution in [2.45, 2.75) is 50.0 Å². The molecular formula is C32H37N3O6S. The van der Waals surface area contributed by atoms with Crippen molar-refractivity contribution in [3.05, 3.63) is 83.9 Å². The number of aryl methyl sites for hydroxylation is 1. The third-order valence-corrected chi connectivity index (χ3v) is 9.27. The van der Waals surface area contributed by atoms with Crippen molar-refractivity contribution in [3.63, 3.8) is 0 Å². The number of amides is 1. The third-order valence-electron chi connectivity index (χ3n) is 7.77. The zero-order valence-corrected chi connectivity index (χ0v) is 24.6. The molecule has 1 aliphatic carbocycles. The Bertz CT molecular complexity index is 1500. The van der Waals surface area contributed by atoms with E-state index in [1.165, 1.54) is 6.07 Å². The van der Waals surface area contributed by atoms with Gasteiger partial charge in [-0.15, -0.1) is 0 Å². The van der Waals surface area contributed by atoms with Crippen LogP contribution in [-0.2, 0) is 30.8 Å². The zero-order chi connectivity index (χ0) is 29.5. The molecule has 0 bridgehead atoms. The van der Waals surface area contributed by atoms with E-state index in [1.807, 2.05) is 47.4 Å². The molecule has 1 atom stereocenters. The van der Waals surface area contributed by atoms with E-state index >= 15 is 0 Å². The van der Waals surface area contributed by atoms with Gasteiger partial charge < -0.3 is 19.7 Å². The summed E-state index contributed by atoms with van der Waals surface area (Å²) in [5, 5.41) is 2.77. The molecule has 10 heteroatoms. The van der Waals surface area contributed by atoms with Gasteiger partial charge in [0.25, 0.3) is 5.91 Å². The Morgan fingerprint density at radius 1 is 0.952 bits per heavy atom. The monoisotopic (exact) mass is 591 g/mol. The fraction of sp³-hybridized carbons (Fsp3) is 0.375. The van der Waals surface area contributed by atoms with E-state index in [1.54, 1.807) is 31.2 Å². The lowest BCUT2D eigenvalue weighted by Gasteiger charge is -2.34. The summed E-state index contributed by atoms with van der Waals surface area (Å²) in [6, 6.07) is 21.5. The maximum Gasteiger partial charge on any atom is 0.309 e. The first kappa shape index (κ1) is 29.6. The summed E-state index contributed by atoms with van der Waals surface area (Å²) in [5.41, 5.74) is 3.03. The fourth-order valence-electron chi connectivity index (χ4n) is 5.67. The maximum absolute atomic E-state index is 14.0. The number of benzene rings is 3. The number of carbonyl (C=O) groups excluding carboxylic acids is 2. The van der Waals surface area contributed by atoms with Gasteiger partial charge in [0.1, 0.15) is 10.6 Å². The highest BCUT2D eigenvalue weighted by Crippen LogP contribution is 2.35. The number of sulfonamides is 1. The minimum atomic E-state index is -4.00. The van der Waals surface area contributed by atoms with E-state index in [0.29, 0.717) is 56.1 Å². The highest BCUT2D eigenvalue weighted by atomic mass is 32.2. The molecule has 0 spiro atoms. The van der Waals surface area contributed by atoms with Gasteiger partial charge in [-0.1, -0.05) is 42.5 Å². The molecule has 1 aliphatic heterocycles. The zero-order valence-electron chi connectivity index (χ0n) is 23.8. The second-order valence-electron chi connectivity index (χ2n) is 10.6. The number of piperidine rings is 1. The predicted octanol–water partition coefficient (Wildman–Crippen LogP) is 4.84. The number of rotatable bonds is 10. The lowest BCUT2D eigenvalue weighted by molar-refractivity contribution is -0.148. The summed E-state index contributed by atoms with van der Waals surface area (Å²) in [7, 11) is -4.00. The molecule has 0 aromatic heterocycles.